The van der Waals surface area contributed by atoms with Crippen molar-refractivity contribution in [2.45, 2.75) is 18.9 Å². The summed E-state index contributed by atoms with van der Waals surface area (Å²) in [6.07, 6.45) is 2.02. The lowest BCUT2D eigenvalue weighted by atomic mass is 10.0. The molecule has 4 nitrogen and oxygen atoms in total. The fourth-order valence-corrected chi connectivity index (χ4v) is 1.82. The van der Waals surface area contributed by atoms with Crippen molar-refractivity contribution in [1.82, 2.24) is 0 Å². The van der Waals surface area contributed by atoms with Gasteiger partial charge in [-0.1, -0.05) is 6.07 Å². The highest BCUT2D eigenvalue weighted by Gasteiger charge is 2.20. The third-order valence-corrected chi connectivity index (χ3v) is 2.61. The number of carbonyl (C=O) groups is 1. The molecule has 3 N–H and O–H groups in total. The molecule has 0 aliphatic carbocycles. The highest BCUT2D eigenvalue weighted by molar-refractivity contribution is 5.89. The number of hydrogen-bond acceptors (Lipinski definition) is 3. The number of ether oxygens (including phenoxy) is 1. The summed E-state index contributed by atoms with van der Waals surface area (Å²) in [5, 5.41) is 8.78. The van der Waals surface area contributed by atoms with E-state index in [0.29, 0.717) is 5.69 Å². The van der Waals surface area contributed by atoms with Crippen LogP contribution in [-0.2, 0) is 4.74 Å². The van der Waals surface area contributed by atoms with E-state index in [1.165, 1.54) is 6.07 Å². The maximum Gasteiger partial charge on any atom is 0.335 e. The molecule has 1 unspecified atom stereocenters. The van der Waals surface area contributed by atoms with Crippen LogP contribution in [0.25, 0.3) is 0 Å². The number of carboxylic acid groups (broad SMARTS) is 1. The lowest BCUT2D eigenvalue weighted by Crippen LogP contribution is -2.04. The molecule has 0 spiro atoms. The highest BCUT2D eigenvalue weighted by Crippen LogP contribution is 2.32. The van der Waals surface area contributed by atoms with Crippen LogP contribution >= 0.6 is 0 Å². The fraction of sp³-hybridized carbons (Fsp3) is 0.364. The average Bonchev–Trinajstić information content (AvgIpc) is 2.70. The van der Waals surface area contributed by atoms with Crippen molar-refractivity contribution >= 4 is 11.7 Å². The molecule has 0 bridgehead atoms. The lowest BCUT2D eigenvalue weighted by molar-refractivity contribution is 0.0696. The Kier molecular flexibility index (Phi) is 2.60. The molecule has 1 aromatic carbocycles. The summed E-state index contributed by atoms with van der Waals surface area (Å²) in [4.78, 5) is 10.7. The van der Waals surface area contributed by atoms with E-state index in [0.717, 1.165) is 25.0 Å². The van der Waals surface area contributed by atoms with Crippen molar-refractivity contribution < 1.29 is 14.6 Å². The summed E-state index contributed by atoms with van der Waals surface area (Å²) in [7, 11) is 0. The Labute approximate surface area is 87.7 Å². The van der Waals surface area contributed by atoms with E-state index in [-0.39, 0.29) is 11.7 Å². The number of nitrogens with two attached hydrogens (primary N) is 1. The smallest absolute Gasteiger partial charge is 0.335 e. The van der Waals surface area contributed by atoms with Gasteiger partial charge in [-0.3, -0.25) is 0 Å². The van der Waals surface area contributed by atoms with Gasteiger partial charge in [-0.15, -0.1) is 0 Å². The SMILES string of the molecule is Nc1cc(C(=O)O)ccc1C1CCCO1. The van der Waals surface area contributed by atoms with E-state index < -0.39 is 5.97 Å². The topological polar surface area (TPSA) is 72.6 Å². The second-order valence-corrected chi connectivity index (χ2v) is 3.65. The molecule has 1 aliphatic rings. The van der Waals surface area contributed by atoms with Gasteiger partial charge in [0.05, 0.1) is 11.7 Å². The van der Waals surface area contributed by atoms with Gasteiger partial charge < -0.3 is 15.6 Å². The van der Waals surface area contributed by atoms with Gasteiger partial charge in [0.15, 0.2) is 0 Å². The minimum absolute atomic E-state index is 0.0350. The molecule has 0 amide bonds. The van der Waals surface area contributed by atoms with Gasteiger partial charge in [0, 0.05) is 17.9 Å². The predicted octanol–water partition coefficient (Wildman–Crippen LogP) is 1.82. The molecule has 15 heavy (non-hydrogen) atoms. The fourth-order valence-electron chi connectivity index (χ4n) is 1.82. The van der Waals surface area contributed by atoms with Crippen LogP contribution in [0, 0.1) is 0 Å². The molecule has 0 aromatic heterocycles. The zero-order valence-electron chi connectivity index (χ0n) is 8.27. The molecule has 80 valence electrons. The highest BCUT2D eigenvalue weighted by atomic mass is 16.5. The first-order valence-corrected chi connectivity index (χ1v) is 4.93. The van der Waals surface area contributed by atoms with E-state index in [2.05, 4.69) is 0 Å². The number of hydrogen-bond donors (Lipinski definition) is 2. The molecular weight excluding hydrogens is 194 g/mol. The van der Waals surface area contributed by atoms with Crippen molar-refractivity contribution in [3.8, 4) is 0 Å². The Morgan fingerprint density at radius 3 is 2.87 bits per heavy atom. The van der Waals surface area contributed by atoms with Gasteiger partial charge in [0.25, 0.3) is 0 Å². The quantitative estimate of drug-likeness (QED) is 0.725. The number of aromatic carboxylic acids is 1. The molecule has 1 fully saturated rings. The van der Waals surface area contributed by atoms with E-state index in [1.807, 2.05) is 0 Å². The summed E-state index contributed by atoms with van der Waals surface area (Å²) < 4.78 is 5.49. The van der Waals surface area contributed by atoms with Gasteiger partial charge in [0.1, 0.15) is 0 Å². The molecule has 1 heterocycles. The minimum atomic E-state index is -0.958. The first-order chi connectivity index (χ1) is 7.18. The van der Waals surface area contributed by atoms with Crippen LogP contribution < -0.4 is 5.73 Å². The normalized spacial score (nSPS) is 20.4. The number of benzene rings is 1. The Morgan fingerprint density at radius 1 is 1.53 bits per heavy atom. The molecule has 1 saturated heterocycles. The molecule has 2 rings (SSSR count). The number of anilines is 1. The van der Waals surface area contributed by atoms with Crippen LogP contribution in [0.2, 0.25) is 0 Å². The van der Waals surface area contributed by atoms with Crippen LogP contribution in [-0.4, -0.2) is 17.7 Å². The van der Waals surface area contributed by atoms with Crippen LogP contribution in [0.3, 0.4) is 0 Å². The third kappa shape index (κ3) is 1.94. The standard InChI is InChI=1S/C11H13NO3/c12-9-6-7(11(13)14)3-4-8(9)10-2-1-5-15-10/h3-4,6,10H,1-2,5,12H2,(H,13,14). The van der Waals surface area contributed by atoms with Gasteiger partial charge in [-0.2, -0.15) is 0 Å². The third-order valence-electron chi connectivity index (χ3n) is 2.61. The zero-order valence-corrected chi connectivity index (χ0v) is 8.27. The summed E-state index contributed by atoms with van der Waals surface area (Å²) in [5.41, 5.74) is 7.41. The summed E-state index contributed by atoms with van der Waals surface area (Å²) in [6, 6.07) is 4.80. The van der Waals surface area contributed by atoms with Crippen molar-refractivity contribution in [3.05, 3.63) is 29.3 Å². The van der Waals surface area contributed by atoms with Gasteiger partial charge in [0.2, 0.25) is 0 Å². The zero-order chi connectivity index (χ0) is 10.8. The van der Waals surface area contributed by atoms with Crippen molar-refractivity contribution in [1.29, 1.82) is 0 Å². The van der Waals surface area contributed by atoms with E-state index in [1.54, 1.807) is 12.1 Å². The van der Waals surface area contributed by atoms with Crippen LogP contribution in [0.5, 0.6) is 0 Å². The second kappa shape index (κ2) is 3.90. The Hall–Kier alpha value is -1.55. The molecule has 0 radical (unpaired) electrons. The average molecular weight is 207 g/mol. The Balaban J connectivity index is 2.29. The molecule has 1 atom stereocenters. The van der Waals surface area contributed by atoms with Crippen molar-refractivity contribution in [3.63, 3.8) is 0 Å². The van der Waals surface area contributed by atoms with E-state index in [9.17, 15) is 4.79 Å². The minimum Gasteiger partial charge on any atom is -0.478 e. The first kappa shape index (κ1) is 9.98. The second-order valence-electron chi connectivity index (χ2n) is 3.65. The first-order valence-electron chi connectivity index (χ1n) is 4.93. The lowest BCUT2D eigenvalue weighted by Gasteiger charge is -2.12. The number of carboxylic acids is 1. The Morgan fingerprint density at radius 2 is 2.33 bits per heavy atom. The molecule has 0 saturated carbocycles. The molecule has 1 aromatic rings. The van der Waals surface area contributed by atoms with Gasteiger partial charge in [-0.25, -0.2) is 4.79 Å². The maximum atomic E-state index is 10.7. The van der Waals surface area contributed by atoms with E-state index >= 15 is 0 Å². The Bertz CT molecular complexity index is 383. The van der Waals surface area contributed by atoms with E-state index in [4.69, 9.17) is 15.6 Å². The van der Waals surface area contributed by atoms with Gasteiger partial charge >= 0.3 is 5.97 Å². The van der Waals surface area contributed by atoms with Crippen molar-refractivity contribution in [2.75, 3.05) is 12.3 Å². The maximum absolute atomic E-state index is 10.7. The summed E-state index contributed by atoms with van der Waals surface area (Å²) in [6.45, 7) is 0.755. The van der Waals surface area contributed by atoms with Crippen LogP contribution in [0.1, 0.15) is 34.9 Å². The van der Waals surface area contributed by atoms with Crippen LogP contribution in [0.15, 0.2) is 18.2 Å². The number of rotatable bonds is 2. The monoisotopic (exact) mass is 207 g/mol. The van der Waals surface area contributed by atoms with Gasteiger partial charge in [-0.05, 0) is 25.0 Å². The number of nitrogen functional groups attached to an aromatic ring is 1. The molecular formula is C11H13NO3. The summed E-state index contributed by atoms with van der Waals surface area (Å²) in [5.74, 6) is -0.958. The summed E-state index contributed by atoms with van der Waals surface area (Å²) >= 11 is 0. The van der Waals surface area contributed by atoms with Crippen molar-refractivity contribution in [2.24, 2.45) is 0 Å². The molecule has 4 heteroatoms. The van der Waals surface area contributed by atoms with Crippen LogP contribution in [0.4, 0.5) is 5.69 Å². The molecule has 1 aliphatic heterocycles. The largest absolute Gasteiger partial charge is 0.478 e. The predicted molar refractivity (Wildman–Crippen MR) is 55.7 cm³/mol.